The average Bonchev–Trinajstić information content (AvgIpc) is 2.92. The molecule has 7 atom stereocenters. The summed E-state index contributed by atoms with van der Waals surface area (Å²) in [6, 6.07) is 16.9. The van der Waals surface area contributed by atoms with Crippen molar-refractivity contribution in [3.05, 3.63) is 60.2 Å². The van der Waals surface area contributed by atoms with Gasteiger partial charge in [0, 0.05) is 12.5 Å². The smallest absolute Gasteiger partial charge is 0.335 e. The number of nitrogens with one attached hydrogen (secondary N) is 1. The van der Waals surface area contributed by atoms with Gasteiger partial charge in [-0.25, -0.2) is 4.79 Å². The van der Waals surface area contributed by atoms with Crippen LogP contribution in [0.3, 0.4) is 0 Å². The van der Waals surface area contributed by atoms with Crippen molar-refractivity contribution in [2.24, 2.45) is 5.92 Å². The lowest BCUT2D eigenvalue weighted by atomic mass is 9.95. The number of rotatable bonds is 12. The Labute approximate surface area is 230 Å². The molecule has 3 rings (SSSR count). The van der Waals surface area contributed by atoms with Crippen LogP contribution in [0.5, 0.6) is 0 Å². The first kappa shape index (κ1) is 30.7. The van der Waals surface area contributed by atoms with Gasteiger partial charge in [0.25, 0.3) is 0 Å². The number of carbonyl (C=O) groups is 4. The van der Waals surface area contributed by atoms with Gasteiger partial charge >= 0.3 is 17.9 Å². The Morgan fingerprint density at radius 3 is 2.10 bits per heavy atom. The van der Waals surface area contributed by atoms with Gasteiger partial charge in [0.15, 0.2) is 6.10 Å². The van der Waals surface area contributed by atoms with E-state index < -0.39 is 72.9 Å². The molecule has 216 valence electrons. The molecule has 2 aromatic rings. The molecule has 0 aromatic heterocycles. The van der Waals surface area contributed by atoms with Crippen molar-refractivity contribution in [2.45, 2.75) is 69.4 Å². The van der Waals surface area contributed by atoms with E-state index in [0.717, 1.165) is 16.7 Å². The predicted octanol–water partition coefficient (Wildman–Crippen LogP) is 0.707. The molecule has 6 N–H and O–H groups in total. The fourth-order valence-corrected chi connectivity index (χ4v) is 4.32. The van der Waals surface area contributed by atoms with Crippen LogP contribution in [-0.2, 0) is 35.1 Å². The van der Waals surface area contributed by atoms with E-state index in [0.29, 0.717) is 6.42 Å². The van der Waals surface area contributed by atoms with Crippen molar-refractivity contribution >= 4 is 23.8 Å². The van der Waals surface area contributed by atoms with Crippen molar-refractivity contribution in [1.29, 1.82) is 0 Å². The molecule has 12 heteroatoms. The minimum absolute atomic E-state index is 0.144. The molecule has 12 nitrogen and oxygen atoms in total. The van der Waals surface area contributed by atoms with E-state index in [2.05, 4.69) is 5.32 Å². The first-order valence-corrected chi connectivity index (χ1v) is 12.7. The van der Waals surface area contributed by atoms with E-state index >= 15 is 0 Å². The molecule has 0 spiro atoms. The lowest BCUT2D eigenvalue weighted by molar-refractivity contribution is -0.286. The first-order valence-electron chi connectivity index (χ1n) is 12.7. The summed E-state index contributed by atoms with van der Waals surface area (Å²) in [6.45, 7) is 1.53. The summed E-state index contributed by atoms with van der Waals surface area (Å²) in [4.78, 5) is 47.5. The second-order valence-electron chi connectivity index (χ2n) is 9.73. The second kappa shape index (κ2) is 14.0. The number of aliphatic hydroxyl groups is 3. The van der Waals surface area contributed by atoms with Gasteiger partial charge in [-0.05, 0) is 29.5 Å². The van der Waals surface area contributed by atoms with Crippen LogP contribution >= 0.6 is 0 Å². The standard InChI is InChI=1S/C28H33NO11/c1-15(26(35)36)13-19(14-16-7-9-18(10-8-16)17-5-3-2-4-6-17)29-20(30)11-12-21(31)39-28-24(34)22(32)23(33)25(40-28)27(37)38/h2-10,15,19,22-25,28,32-34H,11-14H2,1H3,(H,29,30)(H,35,36)(H,37,38)/t15-,19+,22+,23+,24-,25+,28-/m1/s1. The SMILES string of the molecule is C[C@H](C[C@@H](Cc1ccc(-c2ccccc2)cc1)NC(=O)CCC(=O)O[C@@H]1O[C@H](C(=O)O)[C@@H](O)[C@H](O)[C@H]1O)C(=O)O. The minimum Gasteiger partial charge on any atom is -0.481 e. The molecule has 0 saturated carbocycles. The zero-order valence-electron chi connectivity index (χ0n) is 21.8. The normalized spacial score (nSPS) is 23.9. The van der Waals surface area contributed by atoms with Gasteiger partial charge in [-0.2, -0.15) is 0 Å². The Morgan fingerprint density at radius 2 is 1.50 bits per heavy atom. The Bertz CT molecular complexity index is 1170. The van der Waals surface area contributed by atoms with E-state index in [1.165, 1.54) is 6.92 Å². The third-order valence-corrected chi connectivity index (χ3v) is 6.58. The topological polar surface area (TPSA) is 200 Å². The molecule has 1 heterocycles. The highest BCUT2D eigenvalue weighted by Gasteiger charge is 2.48. The third-order valence-electron chi connectivity index (χ3n) is 6.58. The Balaban J connectivity index is 1.57. The predicted molar refractivity (Wildman–Crippen MR) is 139 cm³/mol. The fraction of sp³-hybridized carbons (Fsp3) is 0.429. The maximum Gasteiger partial charge on any atom is 0.335 e. The molecule has 40 heavy (non-hydrogen) atoms. The summed E-state index contributed by atoms with van der Waals surface area (Å²) in [6.07, 6.45) is -9.90. The molecule has 1 saturated heterocycles. The van der Waals surface area contributed by atoms with Crippen molar-refractivity contribution in [1.82, 2.24) is 5.32 Å². The van der Waals surface area contributed by atoms with Crippen LogP contribution in [0.25, 0.3) is 11.1 Å². The fourth-order valence-electron chi connectivity index (χ4n) is 4.32. The molecule has 2 aromatic carbocycles. The molecule has 0 aliphatic carbocycles. The van der Waals surface area contributed by atoms with Crippen LogP contribution in [0.15, 0.2) is 54.6 Å². The maximum absolute atomic E-state index is 12.6. The van der Waals surface area contributed by atoms with Crippen LogP contribution in [0.2, 0.25) is 0 Å². The van der Waals surface area contributed by atoms with Crippen LogP contribution in [-0.4, -0.2) is 86.1 Å². The number of aliphatic hydroxyl groups excluding tert-OH is 3. The molecule has 0 unspecified atom stereocenters. The Kier molecular flexibility index (Phi) is 10.7. The van der Waals surface area contributed by atoms with Crippen LogP contribution in [0.4, 0.5) is 0 Å². The van der Waals surface area contributed by atoms with E-state index in [1.54, 1.807) is 0 Å². The van der Waals surface area contributed by atoms with E-state index in [9.17, 15) is 39.6 Å². The molecule has 1 aliphatic heterocycles. The van der Waals surface area contributed by atoms with Gasteiger partial charge in [-0.3, -0.25) is 14.4 Å². The number of esters is 1. The number of ether oxygens (including phenoxy) is 2. The van der Waals surface area contributed by atoms with Crippen molar-refractivity contribution in [2.75, 3.05) is 0 Å². The highest BCUT2D eigenvalue weighted by Crippen LogP contribution is 2.23. The first-order chi connectivity index (χ1) is 19.0. The third kappa shape index (κ3) is 8.33. The second-order valence-corrected chi connectivity index (χ2v) is 9.73. The summed E-state index contributed by atoms with van der Waals surface area (Å²) >= 11 is 0. The number of carbonyl (C=O) groups excluding carboxylic acids is 2. The number of carboxylic acid groups (broad SMARTS) is 2. The van der Waals surface area contributed by atoms with Gasteiger partial charge in [-0.1, -0.05) is 61.5 Å². The van der Waals surface area contributed by atoms with Crippen molar-refractivity contribution in [3.63, 3.8) is 0 Å². The molecule has 1 amide bonds. The number of benzene rings is 2. The highest BCUT2D eigenvalue weighted by molar-refractivity contribution is 5.81. The summed E-state index contributed by atoms with van der Waals surface area (Å²) < 4.78 is 9.79. The van der Waals surface area contributed by atoms with E-state index in [4.69, 9.17) is 14.6 Å². The number of amides is 1. The monoisotopic (exact) mass is 559 g/mol. The van der Waals surface area contributed by atoms with Gasteiger partial charge in [0.1, 0.15) is 18.3 Å². The molecule has 0 bridgehead atoms. The van der Waals surface area contributed by atoms with Crippen molar-refractivity contribution in [3.8, 4) is 11.1 Å². The molecular formula is C28H33NO11. The van der Waals surface area contributed by atoms with Gasteiger partial charge in [-0.15, -0.1) is 0 Å². The summed E-state index contributed by atoms with van der Waals surface area (Å²) in [7, 11) is 0. The Morgan fingerprint density at radius 1 is 0.875 bits per heavy atom. The number of hydrogen-bond donors (Lipinski definition) is 6. The van der Waals surface area contributed by atoms with Crippen LogP contribution in [0.1, 0.15) is 31.7 Å². The number of aliphatic carboxylic acids is 2. The van der Waals surface area contributed by atoms with E-state index in [1.807, 2.05) is 54.6 Å². The maximum atomic E-state index is 12.6. The van der Waals surface area contributed by atoms with Gasteiger partial charge < -0.3 is 40.3 Å². The van der Waals surface area contributed by atoms with Crippen molar-refractivity contribution < 1.29 is 54.2 Å². The molecule has 1 fully saturated rings. The Hall–Kier alpha value is -3.84. The number of carboxylic acids is 2. The largest absolute Gasteiger partial charge is 0.481 e. The van der Waals surface area contributed by atoms with E-state index in [-0.39, 0.29) is 12.8 Å². The molecular weight excluding hydrogens is 526 g/mol. The lowest BCUT2D eigenvalue weighted by Gasteiger charge is -2.37. The van der Waals surface area contributed by atoms with Gasteiger partial charge in [0.05, 0.1) is 12.3 Å². The number of hydrogen-bond acceptors (Lipinski definition) is 9. The zero-order valence-corrected chi connectivity index (χ0v) is 21.8. The molecule has 0 radical (unpaired) electrons. The zero-order chi connectivity index (χ0) is 29.4. The van der Waals surface area contributed by atoms with Crippen LogP contribution < -0.4 is 5.32 Å². The summed E-state index contributed by atoms with van der Waals surface area (Å²) in [5, 5.41) is 50.7. The minimum atomic E-state index is -1.94. The highest BCUT2D eigenvalue weighted by atomic mass is 16.7. The molecule has 1 aliphatic rings. The summed E-state index contributed by atoms with van der Waals surface area (Å²) in [5.74, 6) is -4.95. The van der Waals surface area contributed by atoms with Crippen LogP contribution in [0, 0.1) is 5.92 Å². The lowest BCUT2D eigenvalue weighted by Crippen LogP contribution is -2.60. The summed E-state index contributed by atoms with van der Waals surface area (Å²) in [5.41, 5.74) is 2.92. The quantitative estimate of drug-likeness (QED) is 0.200. The van der Waals surface area contributed by atoms with Gasteiger partial charge in [0.2, 0.25) is 12.2 Å². The average molecular weight is 560 g/mol.